The van der Waals surface area contributed by atoms with E-state index < -0.39 is 0 Å². The minimum atomic E-state index is 0.0775. The second-order valence-electron chi connectivity index (χ2n) is 7.02. The lowest BCUT2D eigenvalue weighted by molar-refractivity contribution is 0.568. The minimum Gasteiger partial charge on any atom is -0.261 e. The molecule has 0 spiro atoms. The standard InChI is InChI=1S/C20H22N2/c1-13-8-19(20(3,4)5)22-12-18(13)16-7-6-15-9-14(2)21-11-17(15)10-16/h6-12H,1-5H3. The molecule has 0 unspecified atom stereocenters. The third-order valence-electron chi connectivity index (χ3n) is 4.05. The van der Waals surface area contributed by atoms with Crippen molar-refractivity contribution in [3.05, 3.63) is 59.7 Å². The van der Waals surface area contributed by atoms with Crippen LogP contribution in [0.1, 0.15) is 37.7 Å². The van der Waals surface area contributed by atoms with E-state index in [0.717, 1.165) is 11.4 Å². The van der Waals surface area contributed by atoms with Gasteiger partial charge in [-0.2, -0.15) is 0 Å². The van der Waals surface area contributed by atoms with Crippen LogP contribution in [0.15, 0.2) is 42.7 Å². The van der Waals surface area contributed by atoms with Crippen molar-refractivity contribution in [2.75, 3.05) is 0 Å². The number of nitrogens with zero attached hydrogens (tertiary/aromatic N) is 2. The maximum Gasteiger partial charge on any atom is 0.0460 e. The van der Waals surface area contributed by atoms with Gasteiger partial charge in [0.25, 0.3) is 0 Å². The van der Waals surface area contributed by atoms with Crippen LogP contribution in [0.2, 0.25) is 0 Å². The maximum absolute atomic E-state index is 4.67. The number of aromatic nitrogens is 2. The highest BCUT2D eigenvalue weighted by Crippen LogP contribution is 2.29. The molecule has 3 rings (SSSR count). The molecule has 22 heavy (non-hydrogen) atoms. The Morgan fingerprint density at radius 2 is 1.59 bits per heavy atom. The SMILES string of the molecule is Cc1cc2ccc(-c3cnc(C(C)(C)C)cc3C)cc2cn1. The lowest BCUT2D eigenvalue weighted by Crippen LogP contribution is -2.13. The molecule has 0 saturated carbocycles. The summed E-state index contributed by atoms with van der Waals surface area (Å²) in [5.74, 6) is 0. The van der Waals surface area contributed by atoms with E-state index in [1.165, 1.54) is 27.5 Å². The number of rotatable bonds is 1. The molecule has 2 heteroatoms. The van der Waals surface area contributed by atoms with Crippen molar-refractivity contribution in [1.29, 1.82) is 0 Å². The highest BCUT2D eigenvalue weighted by atomic mass is 14.7. The molecule has 0 atom stereocenters. The van der Waals surface area contributed by atoms with Gasteiger partial charge < -0.3 is 0 Å². The van der Waals surface area contributed by atoms with Crippen LogP contribution in [-0.2, 0) is 5.41 Å². The largest absolute Gasteiger partial charge is 0.261 e. The highest BCUT2D eigenvalue weighted by molar-refractivity contribution is 5.87. The first-order valence-corrected chi connectivity index (χ1v) is 7.68. The number of hydrogen-bond acceptors (Lipinski definition) is 2. The fourth-order valence-electron chi connectivity index (χ4n) is 2.69. The van der Waals surface area contributed by atoms with E-state index in [4.69, 9.17) is 0 Å². The smallest absolute Gasteiger partial charge is 0.0460 e. The van der Waals surface area contributed by atoms with E-state index in [1.807, 2.05) is 19.3 Å². The first-order chi connectivity index (χ1) is 10.3. The molecular formula is C20H22N2. The van der Waals surface area contributed by atoms with Gasteiger partial charge >= 0.3 is 0 Å². The predicted octanol–water partition coefficient (Wildman–Crippen LogP) is 5.21. The van der Waals surface area contributed by atoms with Crippen LogP contribution in [0, 0.1) is 13.8 Å². The fourth-order valence-corrected chi connectivity index (χ4v) is 2.69. The van der Waals surface area contributed by atoms with Crippen molar-refractivity contribution in [2.45, 2.75) is 40.0 Å². The number of fused-ring (bicyclic) bond motifs is 1. The van der Waals surface area contributed by atoms with E-state index >= 15 is 0 Å². The molecule has 2 nitrogen and oxygen atoms in total. The molecule has 2 heterocycles. The van der Waals surface area contributed by atoms with E-state index in [-0.39, 0.29) is 5.41 Å². The normalized spacial score (nSPS) is 11.9. The lowest BCUT2D eigenvalue weighted by atomic mass is 9.89. The second-order valence-corrected chi connectivity index (χ2v) is 7.02. The zero-order valence-electron chi connectivity index (χ0n) is 13.9. The summed E-state index contributed by atoms with van der Waals surface area (Å²) in [6, 6.07) is 10.8. The number of hydrogen-bond donors (Lipinski definition) is 0. The molecule has 0 bridgehead atoms. The third kappa shape index (κ3) is 2.74. The van der Waals surface area contributed by atoms with Crippen LogP contribution < -0.4 is 0 Å². The van der Waals surface area contributed by atoms with Crippen LogP contribution in [0.25, 0.3) is 21.9 Å². The Hall–Kier alpha value is -2.22. The van der Waals surface area contributed by atoms with Gasteiger partial charge in [-0.05, 0) is 48.6 Å². The summed E-state index contributed by atoms with van der Waals surface area (Å²) in [5.41, 5.74) is 5.91. The summed E-state index contributed by atoms with van der Waals surface area (Å²) in [6.45, 7) is 10.8. The molecule has 112 valence electrons. The van der Waals surface area contributed by atoms with Gasteiger partial charge in [0.05, 0.1) is 0 Å². The monoisotopic (exact) mass is 290 g/mol. The second kappa shape index (κ2) is 5.20. The first-order valence-electron chi connectivity index (χ1n) is 7.68. The zero-order valence-corrected chi connectivity index (χ0v) is 13.9. The molecule has 0 amide bonds. The van der Waals surface area contributed by atoms with Crippen molar-refractivity contribution >= 4 is 10.8 Å². The quantitative estimate of drug-likeness (QED) is 0.614. The Kier molecular flexibility index (Phi) is 3.48. The van der Waals surface area contributed by atoms with E-state index in [1.54, 1.807) is 0 Å². The zero-order chi connectivity index (χ0) is 15.9. The summed E-state index contributed by atoms with van der Waals surface area (Å²) in [4.78, 5) is 9.06. The molecule has 0 aliphatic rings. The molecule has 2 aromatic heterocycles. The van der Waals surface area contributed by atoms with Crippen LogP contribution >= 0.6 is 0 Å². The average molecular weight is 290 g/mol. The summed E-state index contributed by atoms with van der Waals surface area (Å²) in [7, 11) is 0. The fraction of sp³-hybridized carbons (Fsp3) is 0.300. The topological polar surface area (TPSA) is 25.8 Å². The summed E-state index contributed by atoms with van der Waals surface area (Å²) >= 11 is 0. The van der Waals surface area contributed by atoms with Gasteiger partial charge in [0.2, 0.25) is 0 Å². The van der Waals surface area contributed by atoms with Crippen molar-refractivity contribution in [2.24, 2.45) is 0 Å². The van der Waals surface area contributed by atoms with Gasteiger partial charge in [-0.15, -0.1) is 0 Å². The highest BCUT2D eigenvalue weighted by Gasteiger charge is 2.16. The average Bonchev–Trinajstić information content (AvgIpc) is 2.45. The molecule has 0 saturated heterocycles. The van der Waals surface area contributed by atoms with Gasteiger partial charge in [-0.25, -0.2) is 0 Å². The van der Waals surface area contributed by atoms with Gasteiger partial charge in [0, 0.05) is 40.1 Å². The van der Waals surface area contributed by atoms with Crippen LogP contribution in [0.3, 0.4) is 0 Å². The van der Waals surface area contributed by atoms with Gasteiger partial charge in [0.1, 0.15) is 0 Å². The Labute approximate surface area is 132 Å². The predicted molar refractivity (Wildman–Crippen MR) is 93.1 cm³/mol. The van der Waals surface area contributed by atoms with Gasteiger partial charge in [-0.1, -0.05) is 32.9 Å². The Morgan fingerprint density at radius 1 is 0.818 bits per heavy atom. The van der Waals surface area contributed by atoms with Gasteiger partial charge in [0.15, 0.2) is 0 Å². The van der Waals surface area contributed by atoms with Gasteiger partial charge in [-0.3, -0.25) is 9.97 Å². The van der Waals surface area contributed by atoms with E-state index in [0.29, 0.717) is 0 Å². The van der Waals surface area contributed by atoms with Crippen molar-refractivity contribution in [3.63, 3.8) is 0 Å². The van der Waals surface area contributed by atoms with E-state index in [2.05, 4.69) is 68.0 Å². The summed E-state index contributed by atoms with van der Waals surface area (Å²) in [5, 5.41) is 2.40. The molecule has 0 aliphatic heterocycles. The molecule has 0 N–H and O–H groups in total. The third-order valence-corrected chi connectivity index (χ3v) is 4.05. The lowest BCUT2D eigenvalue weighted by Gasteiger charge is -2.19. The minimum absolute atomic E-state index is 0.0775. The Bertz CT molecular complexity index is 842. The van der Waals surface area contributed by atoms with Crippen molar-refractivity contribution in [1.82, 2.24) is 9.97 Å². The van der Waals surface area contributed by atoms with Crippen LogP contribution in [0.4, 0.5) is 0 Å². The van der Waals surface area contributed by atoms with E-state index in [9.17, 15) is 0 Å². The van der Waals surface area contributed by atoms with Crippen molar-refractivity contribution in [3.8, 4) is 11.1 Å². The first kappa shape index (κ1) is 14.7. The molecule has 0 radical (unpaired) electrons. The number of benzene rings is 1. The Balaban J connectivity index is 2.09. The maximum atomic E-state index is 4.67. The summed E-state index contributed by atoms with van der Waals surface area (Å²) in [6.07, 6.45) is 3.94. The Morgan fingerprint density at radius 3 is 2.27 bits per heavy atom. The number of pyridine rings is 2. The molecule has 1 aromatic carbocycles. The van der Waals surface area contributed by atoms with Crippen LogP contribution in [0.5, 0.6) is 0 Å². The number of aryl methyl sites for hydroxylation is 2. The molecule has 0 fully saturated rings. The summed E-state index contributed by atoms with van der Waals surface area (Å²) < 4.78 is 0. The van der Waals surface area contributed by atoms with Crippen molar-refractivity contribution < 1.29 is 0 Å². The molecule has 0 aliphatic carbocycles. The molecular weight excluding hydrogens is 268 g/mol. The molecule has 3 aromatic rings. The van der Waals surface area contributed by atoms with Crippen LogP contribution in [-0.4, -0.2) is 9.97 Å².